The number of nitrogens with one attached hydrogen (secondary N) is 2. The van der Waals surface area contributed by atoms with E-state index in [-0.39, 0.29) is 5.91 Å². The minimum absolute atomic E-state index is 0.0719. The Morgan fingerprint density at radius 3 is 2.69 bits per heavy atom. The van der Waals surface area contributed by atoms with Crippen LogP contribution in [0.2, 0.25) is 0 Å². The van der Waals surface area contributed by atoms with Crippen molar-refractivity contribution in [3.05, 3.63) is 11.1 Å². The zero-order chi connectivity index (χ0) is 9.84. The molecule has 1 heterocycles. The summed E-state index contributed by atoms with van der Waals surface area (Å²) in [6, 6.07) is 0. The van der Waals surface area contributed by atoms with E-state index in [1.807, 2.05) is 6.92 Å². The molecule has 3 N–H and O–H groups in total. The lowest BCUT2D eigenvalue weighted by molar-refractivity contribution is -0.117. The first-order chi connectivity index (χ1) is 6.11. The van der Waals surface area contributed by atoms with E-state index in [1.54, 1.807) is 6.92 Å². The molecule has 1 fully saturated rings. The third-order valence-corrected chi connectivity index (χ3v) is 2.11. The number of hydrogen-bond donors (Lipinski definition) is 3. The average molecular weight is 184 g/mol. The molecule has 0 aromatic heterocycles. The van der Waals surface area contributed by atoms with Gasteiger partial charge < -0.3 is 15.7 Å². The van der Waals surface area contributed by atoms with E-state index < -0.39 is 6.10 Å². The molecule has 1 aliphatic heterocycles. The third kappa shape index (κ3) is 2.82. The minimum atomic E-state index is -0.485. The Balaban J connectivity index is 2.39. The van der Waals surface area contributed by atoms with Gasteiger partial charge in [0.1, 0.15) is 0 Å². The van der Waals surface area contributed by atoms with Gasteiger partial charge in [-0.2, -0.15) is 0 Å². The molecule has 1 rings (SSSR count). The Kier molecular flexibility index (Phi) is 3.45. The number of aliphatic hydroxyl groups excluding tert-OH is 1. The van der Waals surface area contributed by atoms with E-state index in [2.05, 4.69) is 10.6 Å². The Hall–Kier alpha value is -0.870. The molecule has 0 aromatic carbocycles. The van der Waals surface area contributed by atoms with Crippen molar-refractivity contribution in [3.8, 4) is 0 Å². The standard InChI is InChI=1S/C9H16N2O2/c1-6(12)3-11-9(13)7(2)8-4-10-5-8/h6,10,12H,3-5H2,1-2H3,(H,11,13)/t6-/m0/s1. The van der Waals surface area contributed by atoms with Crippen LogP contribution in [-0.4, -0.2) is 36.8 Å². The maximum Gasteiger partial charge on any atom is 0.247 e. The van der Waals surface area contributed by atoms with E-state index in [1.165, 1.54) is 0 Å². The maximum absolute atomic E-state index is 11.4. The van der Waals surface area contributed by atoms with Crippen LogP contribution in [0.3, 0.4) is 0 Å². The summed E-state index contributed by atoms with van der Waals surface area (Å²) < 4.78 is 0. The summed E-state index contributed by atoms with van der Waals surface area (Å²) in [5, 5.41) is 14.7. The normalized spacial score (nSPS) is 17.6. The van der Waals surface area contributed by atoms with Crippen LogP contribution < -0.4 is 10.6 Å². The first kappa shape index (κ1) is 10.2. The summed E-state index contributed by atoms with van der Waals surface area (Å²) in [6.45, 7) is 5.40. The molecule has 1 atom stereocenters. The van der Waals surface area contributed by atoms with Gasteiger partial charge in [-0.3, -0.25) is 4.79 Å². The van der Waals surface area contributed by atoms with E-state index in [4.69, 9.17) is 5.11 Å². The molecule has 0 spiro atoms. The number of aliphatic hydroxyl groups is 1. The Morgan fingerprint density at radius 1 is 1.69 bits per heavy atom. The van der Waals surface area contributed by atoms with E-state index >= 15 is 0 Å². The van der Waals surface area contributed by atoms with Crippen LogP contribution in [0.1, 0.15) is 13.8 Å². The SMILES string of the molecule is CC(C(=O)NC[C@H](C)O)=C1CNC1. The van der Waals surface area contributed by atoms with Gasteiger partial charge in [-0.15, -0.1) is 0 Å². The molecular formula is C9H16N2O2. The molecule has 0 radical (unpaired) electrons. The van der Waals surface area contributed by atoms with E-state index in [0.717, 1.165) is 24.2 Å². The van der Waals surface area contributed by atoms with Gasteiger partial charge >= 0.3 is 0 Å². The summed E-state index contributed by atoms with van der Waals surface area (Å²) in [4.78, 5) is 11.4. The van der Waals surface area contributed by atoms with Crippen molar-refractivity contribution >= 4 is 5.91 Å². The lowest BCUT2D eigenvalue weighted by atomic mass is 10.0. The van der Waals surface area contributed by atoms with Gasteiger partial charge in [-0.1, -0.05) is 0 Å². The molecule has 1 amide bonds. The van der Waals surface area contributed by atoms with Crippen LogP contribution in [0, 0.1) is 0 Å². The molecule has 4 heteroatoms. The van der Waals surface area contributed by atoms with Crippen molar-refractivity contribution in [1.29, 1.82) is 0 Å². The van der Waals surface area contributed by atoms with Crippen molar-refractivity contribution in [2.24, 2.45) is 0 Å². The van der Waals surface area contributed by atoms with Gasteiger partial charge in [0.2, 0.25) is 5.91 Å². The van der Waals surface area contributed by atoms with Crippen molar-refractivity contribution in [1.82, 2.24) is 10.6 Å². The molecular weight excluding hydrogens is 168 g/mol. The average Bonchev–Trinajstić information content (AvgIpc) is 1.96. The van der Waals surface area contributed by atoms with Gasteiger partial charge in [-0.25, -0.2) is 0 Å². The molecule has 4 nitrogen and oxygen atoms in total. The zero-order valence-electron chi connectivity index (χ0n) is 8.05. The van der Waals surface area contributed by atoms with Gasteiger partial charge in [0.25, 0.3) is 0 Å². The van der Waals surface area contributed by atoms with Crippen LogP contribution in [-0.2, 0) is 4.79 Å². The van der Waals surface area contributed by atoms with E-state index in [9.17, 15) is 4.79 Å². The highest BCUT2D eigenvalue weighted by Crippen LogP contribution is 2.08. The van der Waals surface area contributed by atoms with Crippen LogP contribution in [0.5, 0.6) is 0 Å². The number of amides is 1. The maximum atomic E-state index is 11.4. The Bertz CT molecular complexity index is 228. The van der Waals surface area contributed by atoms with Crippen LogP contribution in [0.4, 0.5) is 0 Å². The predicted molar refractivity (Wildman–Crippen MR) is 50.3 cm³/mol. The fourth-order valence-electron chi connectivity index (χ4n) is 1.05. The molecule has 0 aliphatic carbocycles. The topological polar surface area (TPSA) is 61.4 Å². The predicted octanol–water partition coefficient (Wildman–Crippen LogP) is -0.597. The van der Waals surface area contributed by atoms with Gasteiger partial charge in [0.15, 0.2) is 0 Å². The van der Waals surface area contributed by atoms with Crippen LogP contribution in [0.25, 0.3) is 0 Å². The zero-order valence-corrected chi connectivity index (χ0v) is 8.05. The Labute approximate surface area is 78.0 Å². The minimum Gasteiger partial charge on any atom is -0.392 e. The summed E-state index contributed by atoms with van der Waals surface area (Å²) in [6.07, 6.45) is -0.485. The van der Waals surface area contributed by atoms with Gasteiger partial charge in [0, 0.05) is 25.2 Å². The van der Waals surface area contributed by atoms with Crippen molar-refractivity contribution in [3.63, 3.8) is 0 Å². The molecule has 0 saturated carbocycles. The van der Waals surface area contributed by atoms with Gasteiger partial charge in [0.05, 0.1) is 6.10 Å². The Morgan fingerprint density at radius 2 is 2.31 bits per heavy atom. The number of hydrogen-bond acceptors (Lipinski definition) is 3. The summed E-state index contributed by atoms with van der Waals surface area (Å²) in [7, 11) is 0. The molecule has 0 bridgehead atoms. The summed E-state index contributed by atoms with van der Waals surface area (Å²) in [5.74, 6) is -0.0719. The summed E-state index contributed by atoms with van der Waals surface area (Å²) >= 11 is 0. The van der Waals surface area contributed by atoms with Crippen molar-refractivity contribution in [2.75, 3.05) is 19.6 Å². The number of carbonyl (C=O) groups excluding carboxylic acids is 1. The fourth-order valence-corrected chi connectivity index (χ4v) is 1.05. The molecule has 1 aliphatic rings. The van der Waals surface area contributed by atoms with Crippen molar-refractivity contribution in [2.45, 2.75) is 20.0 Å². The molecule has 0 unspecified atom stereocenters. The smallest absolute Gasteiger partial charge is 0.247 e. The van der Waals surface area contributed by atoms with Gasteiger partial charge in [-0.05, 0) is 19.4 Å². The quantitative estimate of drug-likeness (QED) is 0.513. The second-order valence-electron chi connectivity index (χ2n) is 3.39. The molecule has 74 valence electrons. The number of carbonyl (C=O) groups is 1. The largest absolute Gasteiger partial charge is 0.392 e. The molecule has 0 aromatic rings. The first-order valence-electron chi connectivity index (χ1n) is 4.47. The van der Waals surface area contributed by atoms with Crippen LogP contribution >= 0.6 is 0 Å². The number of rotatable bonds is 3. The first-order valence-corrected chi connectivity index (χ1v) is 4.47. The molecule has 1 saturated heterocycles. The highest BCUT2D eigenvalue weighted by atomic mass is 16.3. The third-order valence-electron chi connectivity index (χ3n) is 2.11. The van der Waals surface area contributed by atoms with Crippen LogP contribution in [0.15, 0.2) is 11.1 Å². The second-order valence-corrected chi connectivity index (χ2v) is 3.39. The monoisotopic (exact) mass is 184 g/mol. The summed E-state index contributed by atoms with van der Waals surface area (Å²) in [5.41, 5.74) is 1.93. The van der Waals surface area contributed by atoms with Crippen molar-refractivity contribution < 1.29 is 9.90 Å². The lowest BCUT2D eigenvalue weighted by Crippen LogP contribution is -2.38. The second kappa shape index (κ2) is 4.39. The highest BCUT2D eigenvalue weighted by Gasteiger charge is 2.15. The molecule has 13 heavy (non-hydrogen) atoms. The lowest BCUT2D eigenvalue weighted by Gasteiger charge is -2.21. The fraction of sp³-hybridized carbons (Fsp3) is 0.667. The highest BCUT2D eigenvalue weighted by molar-refractivity contribution is 5.93. The van der Waals surface area contributed by atoms with E-state index in [0.29, 0.717) is 6.54 Å².